The SMILES string of the molecule is CCOC(=O)Cc1ccccc1NC(=O)c1cc(-c2ccnc(CN[S@@+]([O-])C(C)(C)C)c2F)c2occc2c1F. The minimum absolute atomic E-state index is 0.00183. The van der Waals surface area contributed by atoms with E-state index < -0.39 is 39.6 Å². The first kappa shape index (κ1) is 29.2. The maximum absolute atomic E-state index is 15.7. The Kier molecular flexibility index (Phi) is 8.87. The van der Waals surface area contributed by atoms with Crippen molar-refractivity contribution in [2.75, 3.05) is 11.9 Å². The number of hydrogen-bond donors (Lipinski definition) is 2. The lowest BCUT2D eigenvalue weighted by atomic mass is 9.98. The number of furan rings is 1. The number of aromatic nitrogens is 1. The maximum atomic E-state index is 15.7. The molecule has 0 aliphatic rings. The molecule has 2 heterocycles. The molecule has 210 valence electrons. The van der Waals surface area contributed by atoms with Crippen LogP contribution in [0.25, 0.3) is 22.1 Å². The number of carbonyl (C=O) groups excluding carboxylic acids is 2. The Bertz CT molecular complexity index is 1550. The van der Waals surface area contributed by atoms with E-state index >= 15 is 8.78 Å². The number of fused-ring (bicyclic) bond motifs is 1. The summed E-state index contributed by atoms with van der Waals surface area (Å²) in [5, 5.41) is 2.65. The number of halogens is 2. The van der Waals surface area contributed by atoms with Crippen LogP contribution in [0.15, 0.2) is 59.3 Å². The highest BCUT2D eigenvalue weighted by molar-refractivity contribution is 7.90. The molecule has 2 aromatic heterocycles. The Balaban J connectivity index is 1.70. The summed E-state index contributed by atoms with van der Waals surface area (Å²) in [4.78, 5) is 29.4. The van der Waals surface area contributed by atoms with E-state index in [0.29, 0.717) is 11.3 Å². The van der Waals surface area contributed by atoms with Crippen LogP contribution >= 0.6 is 0 Å². The van der Waals surface area contributed by atoms with Crippen LogP contribution in [-0.4, -0.2) is 32.8 Å². The molecule has 1 atom stereocenters. The van der Waals surface area contributed by atoms with Crippen molar-refractivity contribution in [1.82, 2.24) is 9.71 Å². The van der Waals surface area contributed by atoms with Crippen molar-refractivity contribution in [3.05, 3.63) is 83.4 Å². The lowest BCUT2D eigenvalue weighted by molar-refractivity contribution is -0.142. The van der Waals surface area contributed by atoms with Gasteiger partial charge in [-0.3, -0.25) is 14.6 Å². The van der Waals surface area contributed by atoms with Crippen molar-refractivity contribution >= 4 is 39.9 Å². The monoisotopic (exact) mass is 569 g/mol. The van der Waals surface area contributed by atoms with Gasteiger partial charge in [-0.1, -0.05) is 18.2 Å². The van der Waals surface area contributed by atoms with Gasteiger partial charge in [-0.2, -0.15) is 0 Å². The molecule has 0 spiro atoms. The van der Waals surface area contributed by atoms with Gasteiger partial charge >= 0.3 is 5.97 Å². The molecule has 0 aliphatic carbocycles. The molecule has 2 N–H and O–H groups in total. The quantitative estimate of drug-likeness (QED) is 0.197. The second-order valence-corrected chi connectivity index (χ2v) is 11.9. The van der Waals surface area contributed by atoms with Crippen molar-refractivity contribution in [2.45, 2.75) is 45.4 Å². The van der Waals surface area contributed by atoms with E-state index in [4.69, 9.17) is 9.15 Å². The van der Waals surface area contributed by atoms with Crippen LogP contribution in [0.5, 0.6) is 0 Å². The lowest BCUT2D eigenvalue weighted by Crippen LogP contribution is -2.39. The summed E-state index contributed by atoms with van der Waals surface area (Å²) in [5.74, 6) is -2.83. The van der Waals surface area contributed by atoms with Crippen LogP contribution in [0.2, 0.25) is 0 Å². The highest BCUT2D eigenvalue weighted by Gasteiger charge is 2.28. The van der Waals surface area contributed by atoms with Crippen LogP contribution < -0.4 is 10.0 Å². The van der Waals surface area contributed by atoms with Crippen molar-refractivity contribution in [2.24, 2.45) is 0 Å². The highest BCUT2D eigenvalue weighted by Crippen LogP contribution is 2.35. The van der Waals surface area contributed by atoms with Gasteiger partial charge in [0.05, 0.1) is 42.5 Å². The molecule has 4 rings (SSSR count). The number of hydrogen-bond acceptors (Lipinski definition) is 7. The molecule has 2 aromatic carbocycles. The average molecular weight is 570 g/mol. The van der Waals surface area contributed by atoms with Crippen molar-refractivity contribution in [3.63, 3.8) is 0 Å². The Morgan fingerprint density at radius 2 is 1.85 bits per heavy atom. The average Bonchev–Trinajstić information content (AvgIpc) is 3.40. The standard InChI is InChI=1S/C29H29F2N3O5S/c1-5-38-24(35)14-17-8-6-7-9-22(17)34-28(36)21-15-20(27-19(25(21)30)11-13-39-27)18-10-12-32-23(26(18)31)16-33-40(37)29(2,3)4/h6-13,15,33H,5,14,16H2,1-4H3,(H,34,36)/t40-/m0/s1. The highest BCUT2D eigenvalue weighted by atomic mass is 32.2. The van der Waals surface area contributed by atoms with E-state index in [9.17, 15) is 14.1 Å². The number of pyridine rings is 1. The molecule has 40 heavy (non-hydrogen) atoms. The number of ether oxygens (including phenoxy) is 1. The minimum atomic E-state index is -1.46. The number of anilines is 1. The smallest absolute Gasteiger partial charge is 0.310 e. The molecular weight excluding hydrogens is 540 g/mol. The minimum Gasteiger partial charge on any atom is -0.598 e. The molecule has 0 saturated carbocycles. The number of amides is 1. The third-order valence-electron chi connectivity index (χ3n) is 6.00. The number of para-hydroxylation sites is 1. The lowest BCUT2D eigenvalue weighted by Gasteiger charge is -2.23. The Morgan fingerprint density at radius 1 is 1.10 bits per heavy atom. The van der Waals surface area contributed by atoms with Gasteiger partial charge in [0.1, 0.15) is 16.1 Å². The molecule has 0 unspecified atom stereocenters. The van der Waals surface area contributed by atoms with Gasteiger partial charge in [0.15, 0.2) is 5.82 Å². The number of carbonyl (C=O) groups is 2. The number of benzene rings is 2. The van der Waals surface area contributed by atoms with E-state index in [2.05, 4.69) is 15.0 Å². The first-order valence-electron chi connectivity index (χ1n) is 12.5. The largest absolute Gasteiger partial charge is 0.598 e. The van der Waals surface area contributed by atoms with Gasteiger partial charge in [0.25, 0.3) is 5.91 Å². The van der Waals surface area contributed by atoms with Crippen LogP contribution in [0.4, 0.5) is 14.5 Å². The molecule has 0 fully saturated rings. The van der Waals surface area contributed by atoms with Gasteiger partial charge < -0.3 is 19.0 Å². The second-order valence-electron chi connectivity index (χ2n) is 9.86. The van der Waals surface area contributed by atoms with Crippen molar-refractivity contribution < 1.29 is 32.1 Å². The summed E-state index contributed by atoms with van der Waals surface area (Å²) in [6, 6.07) is 10.6. The van der Waals surface area contributed by atoms with Crippen molar-refractivity contribution in [1.29, 1.82) is 0 Å². The third kappa shape index (κ3) is 6.33. The predicted molar refractivity (Wildman–Crippen MR) is 149 cm³/mol. The van der Waals surface area contributed by atoms with Gasteiger partial charge in [-0.15, -0.1) is 4.72 Å². The van der Waals surface area contributed by atoms with Gasteiger partial charge in [0.2, 0.25) is 0 Å². The van der Waals surface area contributed by atoms with E-state index in [1.807, 2.05) is 0 Å². The van der Waals surface area contributed by atoms with E-state index in [1.165, 1.54) is 30.7 Å². The fraction of sp³-hybridized carbons (Fsp3) is 0.276. The predicted octanol–water partition coefficient (Wildman–Crippen LogP) is 5.68. The molecule has 0 saturated heterocycles. The summed E-state index contributed by atoms with van der Waals surface area (Å²) in [7, 11) is 0. The zero-order chi connectivity index (χ0) is 29.0. The summed E-state index contributed by atoms with van der Waals surface area (Å²) < 4.78 is 56.3. The van der Waals surface area contributed by atoms with E-state index in [0.717, 1.165) is 0 Å². The normalized spacial score (nSPS) is 12.4. The summed E-state index contributed by atoms with van der Waals surface area (Å²) in [6.45, 7) is 7.13. The Labute approximate surface area is 233 Å². The topological polar surface area (TPSA) is 117 Å². The molecule has 0 radical (unpaired) electrons. The summed E-state index contributed by atoms with van der Waals surface area (Å²) >= 11 is -1.46. The zero-order valence-electron chi connectivity index (χ0n) is 22.5. The third-order valence-corrected chi connectivity index (χ3v) is 7.52. The summed E-state index contributed by atoms with van der Waals surface area (Å²) in [5.41, 5.74) is 0.680. The molecule has 1 amide bonds. The molecule has 0 bridgehead atoms. The molecule has 8 nitrogen and oxygen atoms in total. The maximum Gasteiger partial charge on any atom is 0.310 e. The van der Waals surface area contributed by atoms with Crippen molar-refractivity contribution in [3.8, 4) is 11.1 Å². The van der Waals surface area contributed by atoms with Gasteiger partial charge in [0, 0.05) is 34.4 Å². The molecule has 0 aliphatic heterocycles. The van der Waals surface area contributed by atoms with Gasteiger partial charge in [-0.25, -0.2) is 8.78 Å². The molecule has 4 aromatic rings. The number of esters is 1. The first-order chi connectivity index (χ1) is 19.0. The fourth-order valence-corrected chi connectivity index (χ4v) is 4.70. The fourth-order valence-electron chi connectivity index (χ4n) is 4.00. The number of nitrogens with one attached hydrogen (secondary N) is 2. The van der Waals surface area contributed by atoms with E-state index in [-0.39, 0.29) is 52.9 Å². The van der Waals surface area contributed by atoms with E-state index in [1.54, 1.807) is 52.0 Å². The first-order valence-corrected chi connectivity index (χ1v) is 13.7. The second kappa shape index (κ2) is 12.2. The Morgan fingerprint density at radius 3 is 2.58 bits per heavy atom. The number of nitrogens with zero attached hydrogens (tertiary/aromatic N) is 1. The van der Waals surface area contributed by atoms with Gasteiger partial charge in [-0.05, 0) is 57.5 Å². The van der Waals surface area contributed by atoms with Crippen LogP contribution in [0.3, 0.4) is 0 Å². The van der Waals surface area contributed by atoms with Crippen LogP contribution in [0.1, 0.15) is 49.3 Å². The van der Waals surface area contributed by atoms with Crippen LogP contribution in [-0.2, 0) is 33.9 Å². The molecular formula is C29H29F2N3O5S. The summed E-state index contributed by atoms with van der Waals surface area (Å²) in [6.07, 6.45) is 2.54. The molecule has 11 heteroatoms. The van der Waals surface area contributed by atoms with Crippen LogP contribution in [0, 0.1) is 11.6 Å². The zero-order valence-corrected chi connectivity index (χ0v) is 23.3. The Hall–Kier alpha value is -3.80. The number of rotatable bonds is 9.